The van der Waals surface area contributed by atoms with Gasteiger partial charge < -0.3 is 4.90 Å². The number of nitrogens with zero attached hydrogens (tertiary/aromatic N) is 3. The normalized spacial score (nSPS) is 19.2. The monoisotopic (exact) mass is 290 g/mol. The Morgan fingerprint density at radius 3 is 2.61 bits per heavy atom. The van der Waals surface area contributed by atoms with E-state index < -0.39 is 10.2 Å². The van der Waals surface area contributed by atoms with Gasteiger partial charge in [-0.15, -0.1) is 11.3 Å². The van der Waals surface area contributed by atoms with Crippen LogP contribution in [0.2, 0.25) is 0 Å². The van der Waals surface area contributed by atoms with Gasteiger partial charge in [-0.05, 0) is 14.0 Å². The summed E-state index contributed by atoms with van der Waals surface area (Å²) in [7, 11) is -1.38. The topological polar surface area (TPSA) is 65.5 Å². The van der Waals surface area contributed by atoms with Gasteiger partial charge in [0.15, 0.2) is 0 Å². The Morgan fingerprint density at radius 1 is 1.39 bits per heavy atom. The molecule has 18 heavy (non-hydrogen) atoms. The van der Waals surface area contributed by atoms with E-state index in [1.165, 1.54) is 15.6 Å². The highest BCUT2D eigenvalue weighted by atomic mass is 32.2. The van der Waals surface area contributed by atoms with Crippen molar-refractivity contribution < 1.29 is 8.42 Å². The van der Waals surface area contributed by atoms with E-state index in [2.05, 4.69) is 14.6 Å². The minimum atomic E-state index is -3.37. The maximum absolute atomic E-state index is 12.0. The molecule has 0 radical (unpaired) electrons. The summed E-state index contributed by atoms with van der Waals surface area (Å²) >= 11 is 1.47. The maximum Gasteiger partial charge on any atom is 0.279 e. The lowest BCUT2D eigenvalue weighted by Crippen LogP contribution is -2.50. The number of likely N-dealkylation sites (N-methyl/N-ethyl adjacent to an activating group) is 1. The Labute approximate surface area is 112 Å². The van der Waals surface area contributed by atoms with Gasteiger partial charge in [0.05, 0.1) is 6.54 Å². The molecular formula is C10H18N4O2S2. The summed E-state index contributed by atoms with van der Waals surface area (Å²) < 4.78 is 28.2. The number of rotatable bonds is 4. The fourth-order valence-corrected chi connectivity index (χ4v) is 3.71. The molecular weight excluding hydrogens is 272 g/mol. The van der Waals surface area contributed by atoms with Crippen LogP contribution in [-0.4, -0.2) is 55.8 Å². The van der Waals surface area contributed by atoms with Crippen LogP contribution in [0.1, 0.15) is 10.7 Å². The zero-order chi connectivity index (χ0) is 13.2. The van der Waals surface area contributed by atoms with E-state index in [0.717, 1.165) is 23.8 Å². The molecule has 1 aromatic rings. The zero-order valence-electron chi connectivity index (χ0n) is 10.6. The fraction of sp³-hybridized carbons (Fsp3) is 0.700. The SMILES string of the molecule is Cc1csc(CNS(=O)(=O)N2CCN(C)CC2)n1. The summed E-state index contributed by atoms with van der Waals surface area (Å²) in [6, 6.07) is 0. The van der Waals surface area contributed by atoms with Crippen LogP contribution in [0.4, 0.5) is 0 Å². The van der Waals surface area contributed by atoms with Crippen LogP contribution in [0.25, 0.3) is 0 Å². The quantitative estimate of drug-likeness (QED) is 0.850. The standard InChI is InChI=1S/C10H18N4O2S2/c1-9-8-17-10(12-9)7-11-18(15,16)14-5-3-13(2)4-6-14/h8,11H,3-7H2,1-2H3. The number of piperazine rings is 1. The molecule has 0 bridgehead atoms. The van der Waals surface area contributed by atoms with Crippen molar-refractivity contribution in [3.8, 4) is 0 Å². The molecule has 1 saturated heterocycles. The van der Waals surface area contributed by atoms with Crippen LogP contribution >= 0.6 is 11.3 Å². The van der Waals surface area contributed by atoms with E-state index in [1.807, 2.05) is 19.4 Å². The van der Waals surface area contributed by atoms with Crippen LogP contribution < -0.4 is 4.72 Å². The fourth-order valence-electron chi connectivity index (χ4n) is 1.76. The second-order valence-corrected chi connectivity index (χ2v) is 7.11. The number of aromatic nitrogens is 1. The van der Waals surface area contributed by atoms with Gasteiger partial charge in [-0.2, -0.15) is 17.4 Å². The highest BCUT2D eigenvalue weighted by molar-refractivity contribution is 7.87. The molecule has 0 aliphatic carbocycles. The Balaban J connectivity index is 1.91. The predicted molar refractivity (Wildman–Crippen MR) is 71.7 cm³/mol. The van der Waals surface area contributed by atoms with Crippen molar-refractivity contribution in [3.63, 3.8) is 0 Å². The van der Waals surface area contributed by atoms with E-state index >= 15 is 0 Å². The van der Waals surface area contributed by atoms with Crippen LogP contribution in [0.15, 0.2) is 5.38 Å². The lowest BCUT2D eigenvalue weighted by Gasteiger charge is -2.31. The second kappa shape index (κ2) is 5.62. The van der Waals surface area contributed by atoms with Gasteiger partial charge in [0.2, 0.25) is 0 Å². The summed E-state index contributed by atoms with van der Waals surface area (Å²) in [5.74, 6) is 0. The Hall–Kier alpha value is -0.540. The summed E-state index contributed by atoms with van der Waals surface area (Å²) in [6.07, 6.45) is 0. The maximum atomic E-state index is 12.0. The lowest BCUT2D eigenvalue weighted by atomic mass is 10.4. The zero-order valence-corrected chi connectivity index (χ0v) is 12.2. The van der Waals surface area contributed by atoms with Gasteiger partial charge in [0.25, 0.3) is 10.2 Å². The minimum Gasteiger partial charge on any atom is -0.304 e. The molecule has 0 saturated carbocycles. The number of thiazole rings is 1. The van der Waals surface area contributed by atoms with Gasteiger partial charge >= 0.3 is 0 Å². The molecule has 8 heteroatoms. The first-order chi connectivity index (χ1) is 8.47. The number of aryl methyl sites for hydroxylation is 1. The van der Waals surface area contributed by atoms with Gasteiger partial charge in [-0.3, -0.25) is 0 Å². The second-order valence-electron chi connectivity index (χ2n) is 4.41. The van der Waals surface area contributed by atoms with Crippen molar-refractivity contribution in [1.82, 2.24) is 18.9 Å². The molecule has 0 unspecified atom stereocenters. The molecule has 6 nitrogen and oxygen atoms in total. The molecule has 1 N–H and O–H groups in total. The van der Waals surface area contributed by atoms with Crippen molar-refractivity contribution in [1.29, 1.82) is 0 Å². The average Bonchev–Trinajstić information content (AvgIpc) is 2.73. The molecule has 1 aliphatic rings. The van der Waals surface area contributed by atoms with Gasteiger partial charge in [0, 0.05) is 37.3 Å². The smallest absolute Gasteiger partial charge is 0.279 e. The number of hydrogen-bond donors (Lipinski definition) is 1. The average molecular weight is 290 g/mol. The van der Waals surface area contributed by atoms with Crippen LogP contribution in [0.5, 0.6) is 0 Å². The van der Waals surface area contributed by atoms with E-state index in [1.54, 1.807) is 0 Å². The Kier molecular flexibility index (Phi) is 4.33. The summed E-state index contributed by atoms with van der Waals surface area (Å²) in [5.41, 5.74) is 0.925. The highest BCUT2D eigenvalue weighted by Crippen LogP contribution is 2.10. The molecule has 102 valence electrons. The summed E-state index contributed by atoms with van der Waals surface area (Å²) in [4.78, 5) is 6.36. The molecule has 2 rings (SSSR count). The van der Waals surface area contributed by atoms with Crippen LogP contribution in [0, 0.1) is 6.92 Å². The molecule has 0 spiro atoms. The van der Waals surface area contributed by atoms with E-state index in [-0.39, 0.29) is 6.54 Å². The molecule has 2 heterocycles. The van der Waals surface area contributed by atoms with Crippen molar-refractivity contribution in [2.45, 2.75) is 13.5 Å². The third kappa shape index (κ3) is 3.48. The van der Waals surface area contributed by atoms with Crippen molar-refractivity contribution >= 4 is 21.5 Å². The van der Waals surface area contributed by atoms with Crippen molar-refractivity contribution in [2.75, 3.05) is 33.2 Å². The van der Waals surface area contributed by atoms with Gasteiger partial charge in [-0.1, -0.05) is 0 Å². The first-order valence-electron chi connectivity index (χ1n) is 5.81. The minimum absolute atomic E-state index is 0.271. The Morgan fingerprint density at radius 2 is 2.06 bits per heavy atom. The largest absolute Gasteiger partial charge is 0.304 e. The van der Waals surface area contributed by atoms with E-state index in [4.69, 9.17) is 0 Å². The number of nitrogens with one attached hydrogen (secondary N) is 1. The highest BCUT2D eigenvalue weighted by Gasteiger charge is 2.25. The molecule has 1 fully saturated rings. The van der Waals surface area contributed by atoms with E-state index in [0.29, 0.717) is 13.1 Å². The molecule has 1 aliphatic heterocycles. The first-order valence-corrected chi connectivity index (χ1v) is 8.13. The van der Waals surface area contributed by atoms with Gasteiger partial charge in [-0.25, -0.2) is 4.98 Å². The third-order valence-corrected chi connectivity index (χ3v) is 5.40. The Bertz CT molecular complexity index is 492. The molecule has 0 amide bonds. The summed E-state index contributed by atoms with van der Waals surface area (Å²) in [5, 5.41) is 2.71. The first kappa shape index (κ1) is 13.9. The van der Waals surface area contributed by atoms with Crippen molar-refractivity contribution in [3.05, 3.63) is 16.1 Å². The van der Waals surface area contributed by atoms with Gasteiger partial charge in [0.1, 0.15) is 5.01 Å². The van der Waals surface area contributed by atoms with Crippen LogP contribution in [-0.2, 0) is 16.8 Å². The molecule has 0 atom stereocenters. The lowest BCUT2D eigenvalue weighted by molar-refractivity contribution is 0.221. The number of hydrogen-bond acceptors (Lipinski definition) is 5. The predicted octanol–water partition coefficient (Wildman–Crippen LogP) is 0.0333. The molecule has 1 aromatic heterocycles. The van der Waals surface area contributed by atoms with Crippen molar-refractivity contribution in [2.24, 2.45) is 0 Å². The van der Waals surface area contributed by atoms with E-state index in [9.17, 15) is 8.42 Å². The summed E-state index contributed by atoms with van der Waals surface area (Å²) in [6.45, 7) is 4.81. The van der Waals surface area contributed by atoms with Crippen LogP contribution in [0.3, 0.4) is 0 Å². The molecule has 0 aromatic carbocycles. The third-order valence-electron chi connectivity index (χ3n) is 2.87.